The molecule has 0 amide bonds. The fourth-order valence-corrected chi connectivity index (χ4v) is 4.52. The Bertz CT molecular complexity index is 472. The Morgan fingerprint density at radius 3 is 2.75 bits per heavy atom. The Kier molecular flexibility index (Phi) is 3.98. The maximum absolute atomic E-state index is 11.9. The van der Waals surface area contributed by atoms with E-state index in [-0.39, 0.29) is 12.5 Å². The van der Waals surface area contributed by atoms with Gasteiger partial charge < -0.3 is 9.47 Å². The maximum Gasteiger partial charge on any atom is 0.320 e. The zero-order chi connectivity index (χ0) is 14.2. The van der Waals surface area contributed by atoms with Crippen LogP contribution in [0.15, 0.2) is 0 Å². The number of ether oxygens (including phenoxy) is 2. The molecule has 0 aromatic heterocycles. The third-order valence-electron chi connectivity index (χ3n) is 4.09. The molecule has 2 bridgehead atoms. The van der Waals surface area contributed by atoms with E-state index in [9.17, 15) is 13.2 Å². The molecule has 3 rings (SSSR count). The van der Waals surface area contributed by atoms with Gasteiger partial charge in [-0.3, -0.25) is 13.9 Å². The number of morpholine rings is 1. The molecule has 0 spiro atoms. The molecule has 2 aliphatic heterocycles. The van der Waals surface area contributed by atoms with Crippen LogP contribution in [0.1, 0.15) is 19.3 Å². The molecule has 8 heteroatoms. The van der Waals surface area contributed by atoms with E-state index in [1.807, 2.05) is 4.90 Å². The summed E-state index contributed by atoms with van der Waals surface area (Å²) in [6, 6.07) is 0. The summed E-state index contributed by atoms with van der Waals surface area (Å²) >= 11 is 0. The van der Waals surface area contributed by atoms with Crippen LogP contribution in [0.3, 0.4) is 0 Å². The molecule has 2 saturated heterocycles. The van der Waals surface area contributed by atoms with Gasteiger partial charge in [0, 0.05) is 13.1 Å². The number of fused-ring (bicyclic) bond motifs is 2. The Hall–Kier alpha value is -0.700. The average Bonchev–Trinajstić information content (AvgIpc) is 2.65. The average molecular weight is 305 g/mol. The lowest BCUT2D eigenvalue weighted by molar-refractivity contribution is -0.157. The van der Waals surface area contributed by atoms with Gasteiger partial charge in [0.15, 0.2) is 0 Å². The van der Waals surface area contributed by atoms with E-state index in [0.717, 1.165) is 13.1 Å². The van der Waals surface area contributed by atoms with Crippen LogP contribution < -0.4 is 0 Å². The molecule has 3 atom stereocenters. The van der Waals surface area contributed by atoms with Gasteiger partial charge in [-0.1, -0.05) is 0 Å². The maximum atomic E-state index is 11.9. The second kappa shape index (κ2) is 5.59. The smallest absolute Gasteiger partial charge is 0.320 e. The Morgan fingerprint density at radius 2 is 2.00 bits per heavy atom. The van der Waals surface area contributed by atoms with Crippen molar-refractivity contribution in [2.24, 2.45) is 0 Å². The quantitative estimate of drug-likeness (QED) is 0.514. The van der Waals surface area contributed by atoms with Crippen LogP contribution in [-0.4, -0.2) is 69.6 Å². The van der Waals surface area contributed by atoms with Crippen molar-refractivity contribution in [3.63, 3.8) is 0 Å². The van der Waals surface area contributed by atoms with Crippen LogP contribution in [0.5, 0.6) is 0 Å². The topological polar surface area (TPSA) is 82.1 Å². The molecule has 3 unspecified atom stereocenters. The van der Waals surface area contributed by atoms with Crippen molar-refractivity contribution in [2.45, 2.75) is 36.7 Å². The number of hydrogen-bond acceptors (Lipinski definition) is 7. The minimum atomic E-state index is -3.44. The van der Waals surface area contributed by atoms with Crippen molar-refractivity contribution in [3.05, 3.63) is 0 Å². The number of carbonyl (C=O) groups excluding carboxylic acids is 1. The summed E-state index contributed by atoms with van der Waals surface area (Å²) in [5, 5.41) is -0.415. The normalized spacial score (nSPS) is 36.7. The fourth-order valence-electron chi connectivity index (χ4n) is 2.96. The molecule has 1 aliphatic carbocycles. The van der Waals surface area contributed by atoms with E-state index < -0.39 is 27.6 Å². The third kappa shape index (κ3) is 2.98. The van der Waals surface area contributed by atoms with Crippen molar-refractivity contribution in [1.82, 2.24) is 4.90 Å². The lowest BCUT2D eigenvalue weighted by atomic mass is 9.94. The minimum absolute atomic E-state index is 0.225. The summed E-state index contributed by atoms with van der Waals surface area (Å²) in [5.41, 5.74) is 0. The van der Waals surface area contributed by atoms with E-state index in [0.29, 0.717) is 32.5 Å². The van der Waals surface area contributed by atoms with Crippen molar-refractivity contribution in [3.8, 4) is 0 Å². The number of carbonyl (C=O) groups is 1. The molecule has 20 heavy (non-hydrogen) atoms. The first-order chi connectivity index (χ1) is 9.54. The second-order valence-electron chi connectivity index (χ2n) is 5.48. The van der Waals surface area contributed by atoms with Crippen LogP contribution in [0.25, 0.3) is 0 Å². The van der Waals surface area contributed by atoms with Crippen molar-refractivity contribution < 1.29 is 26.9 Å². The predicted molar refractivity (Wildman–Crippen MR) is 68.6 cm³/mol. The molecule has 114 valence electrons. The Balaban J connectivity index is 1.52. The van der Waals surface area contributed by atoms with Crippen molar-refractivity contribution in [1.29, 1.82) is 0 Å². The first kappa shape index (κ1) is 14.2. The fraction of sp³-hybridized carbons (Fsp3) is 0.917. The lowest BCUT2D eigenvalue weighted by Gasteiger charge is -2.28. The first-order valence-electron chi connectivity index (χ1n) is 6.96. The number of esters is 1. The van der Waals surface area contributed by atoms with Gasteiger partial charge in [-0.15, -0.1) is 0 Å². The van der Waals surface area contributed by atoms with Crippen LogP contribution in [0.4, 0.5) is 0 Å². The molecular formula is C12H19NO6S. The van der Waals surface area contributed by atoms with E-state index >= 15 is 0 Å². The summed E-state index contributed by atoms with van der Waals surface area (Å²) in [4.78, 5) is 13.9. The molecule has 0 radical (unpaired) electrons. The van der Waals surface area contributed by atoms with Gasteiger partial charge in [-0.25, -0.2) is 0 Å². The molecule has 3 aliphatic rings. The summed E-state index contributed by atoms with van der Waals surface area (Å²) in [6.07, 6.45) is 0.583. The molecule has 0 N–H and O–H groups in total. The summed E-state index contributed by atoms with van der Waals surface area (Å²) < 4.78 is 38.9. The van der Waals surface area contributed by atoms with E-state index in [2.05, 4.69) is 0 Å². The summed E-state index contributed by atoms with van der Waals surface area (Å²) in [6.45, 7) is 2.92. The molecule has 7 nitrogen and oxygen atoms in total. The minimum Gasteiger partial charge on any atom is -0.459 e. The molecule has 2 heterocycles. The molecule has 0 aromatic rings. The third-order valence-corrected chi connectivity index (χ3v) is 5.85. The van der Waals surface area contributed by atoms with Crippen LogP contribution >= 0.6 is 0 Å². The van der Waals surface area contributed by atoms with Gasteiger partial charge >= 0.3 is 5.97 Å². The first-order valence-corrected chi connectivity index (χ1v) is 8.43. The van der Waals surface area contributed by atoms with Gasteiger partial charge in [0.05, 0.1) is 25.0 Å². The van der Waals surface area contributed by atoms with Gasteiger partial charge in [0.2, 0.25) is 0 Å². The highest BCUT2D eigenvalue weighted by atomic mass is 32.2. The van der Waals surface area contributed by atoms with Crippen LogP contribution in [-0.2, 0) is 28.6 Å². The number of nitrogens with zero attached hydrogens (tertiary/aromatic N) is 1. The Labute approximate surface area is 118 Å². The zero-order valence-corrected chi connectivity index (χ0v) is 12.0. The van der Waals surface area contributed by atoms with Gasteiger partial charge in [0.25, 0.3) is 10.1 Å². The molecule has 0 aromatic carbocycles. The van der Waals surface area contributed by atoms with Crippen molar-refractivity contribution in [2.75, 3.05) is 32.8 Å². The van der Waals surface area contributed by atoms with E-state index in [1.54, 1.807) is 0 Å². The predicted octanol–water partition coefficient (Wildman–Crippen LogP) is -0.488. The second-order valence-corrected chi connectivity index (χ2v) is 7.32. The van der Waals surface area contributed by atoms with Crippen LogP contribution in [0, 0.1) is 0 Å². The molecule has 1 saturated carbocycles. The largest absolute Gasteiger partial charge is 0.459 e. The highest BCUT2D eigenvalue weighted by Gasteiger charge is 2.48. The number of hydrogen-bond donors (Lipinski definition) is 0. The van der Waals surface area contributed by atoms with Crippen molar-refractivity contribution >= 4 is 16.1 Å². The highest BCUT2D eigenvalue weighted by molar-refractivity contribution is 7.87. The SMILES string of the molecule is O=C(CN1CCOCC1)OC1CCC2CC1OS2(=O)=O. The summed E-state index contributed by atoms with van der Waals surface area (Å²) in [7, 11) is -3.44. The molecular weight excluding hydrogens is 286 g/mol. The highest BCUT2D eigenvalue weighted by Crippen LogP contribution is 2.37. The number of rotatable bonds is 3. The monoisotopic (exact) mass is 305 g/mol. The van der Waals surface area contributed by atoms with Gasteiger partial charge in [0.1, 0.15) is 12.2 Å². The van der Waals surface area contributed by atoms with E-state index in [4.69, 9.17) is 13.7 Å². The summed E-state index contributed by atoms with van der Waals surface area (Å²) in [5.74, 6) is -0.316. The van der Waals surface area contributed by atoms with Gasteiger partial charge in [-0.2, -0.15) is 8.42 Å². The van der Waals surface area contributed by atoms with Gasteiger partial charge in [-0.05, 0) is 19.3 Å². The van der Waals surface area contributed by atoms with Crippen LogP contribution in [0.2, 0.25) is 0 Å². The Morgan fingerprint density at radius 1 is 1.25 bits per heavy atom. The lowest BCUT2D eigenvalue weighted by Crippen LogP contribution is -2.42. The zero-order valence-electron chi connectivity index (χ0n) is 11.2. The van der Waals surface area contributed by atoms with E-state index in [1.165, 1.54) is 0 Å². The molecule has 3 fully saturated rings. The standard InChI is InChI=1S/C12H19NO6S/c14-12(8-13-3-5-17-6-4-13)18-10-2-1-9-7-11(10)19-20(9,15)16/h9-11H,1-8H2.